The molecule has 0 radical (unpaired) electrons. The monoisotopic (exact) mass is 243 g/mol. The molecule has 1 aromatic rings. The average Bonchev–Trinajstić information content (AvgIpc) is 2.66. The van der Waals surface area contributed by atoms with Gasteiger partial charge in [0.25, 0.3) is 0 Å². The molecule has 0 spiro atoms. The van der Waals surface area contributed by atoms with E-state index in [2.05, 4.69) is 37.3 Å². The Balaban J connectivity index is 1.89. The summed E-state index contributed by atoms with van der Waals surface area (Å²) in [6.45, 7) is 2.19. The molecular weight excluding hydrogens is 218 g/mol. The number of rotatable bonds is 4. The Morgan fingerprint density at radius 2 is 2.00 bits per heavy atom. The predicted molar refractivity (Wildman–Crippen MR) is 78.6 cm³/mol. The predicted octanol–water partition coefficient (Wildman–Crippen LogP) is 4.15. The zero-order chi connectivity index (χ0) is 12.8. The minimum Gasteiger partial charge on any atom is -0.324 e. The van der Waals surface area contributed by atoms with Gasteiger partial charge >= 0.3 is 0 Å². The standard InChI is InChI=1S/C17H25N/c1-14-8-6-7-9-15(14)12-13-17(18)16-10-4-2-3-5-11-16/h6-10,17H,2-5,11-13,18H2,1H3. The maximum absolute atomic E-state index is 6.35. The number of aryl methyl sites for hydroxylation is 2. The van der Waals surface area contributed by atoms with Crippen molar-refractivity contribution in [2.75, 3.05) is 0 Å². The van der Waals surface area contributed by atoms with Gasteiger partial charge in [0.05, 0.1) is 0 Å². The molecule has 1 aliphatic rings. The molecule has 2 rings (SSSR count). The first-order valence-corrected chi connectivity index (χ1v) is 7.26. The molecule has 0 amide bonds. The van der Waals surface area contributed by atoms with E-state index in [4.69, 9.17) is 5.73 Å². The Hall–Kier alpha value is -1.08. The molecule has 1 nitrogen and oxygen atoms in total. The van der Waals surface area contributed by atoms with Crippen molar-refractivity contribution in [3.8, 4) is 0 Å². The highest BCUT2D eigenvalue weighted by Gasteiger charge is 2.11. The van der Waals surface area contributed by atoms with Crippen LogP contribution >= 0.6 is 0 Å². The van der Waals surface area contributed by atoms with Crippen molar-refractivity contribution in [1.82, 2.24) is 0 Å². The Morgan fingerprint density at radius 1 is 1.17 bits per heavy atom. The molecule has 18 heavy (non-hydrogen) atoms. The fourth-order valence-electron chi connectivity index (χ4n) is 2.76. The molecule has 1 aliphatic carbocycles. The van der Waals surface area contributed by atoms with E-state index in [1.165, 1.54) is 48.8 Å². The largest absolute Gasteiger partial charge is 0.324 e. The lowest BCUT2D eigenvalue weighted by molar-refractivity contribution is 0.639. The first-order valence-electron chi connectivity index (χ1n) is 7.26. The highest BCUT2D eigenvalue weighted by molar-refractivity contribution is 5.26. The van der Waals surface area contributed by atoms with Crippen molar-refractivity contribution in [3.63, 3.8) is 0 Å². The molecule has 0 aromatic heterocycles. The summed E-state index contributed by atoms with van der Waals surface area (Å²) < 4.78 is 0. The van der Waals surface area contributed by atoms with E-state index in [1.54, 1.807) is 0 Å². The van der Waals surface area contributed by atoms with Gasteiger partial charge in [-0.15, -0.1) is 0 Å². The van der Waals surface area contributed by atoms with Crippen molar-refractivity contribution < 1.29 is 0 Å². The smallest absolute Gasteiger partial charge is 0.0256 e. The first-order chi connectivity index (χ1) is 8.77. The van der Waals surface area contributed by atoms with Gasteiger partial charge in [0.1, 0.15) is 0 Å². The van der Waals surface area contributed by atoms with Gasteiger partial charge in [-0.2, -0.15) is 0 Å². The zero-order valence-corrected chi connectivity index (χ0v) is 11.5. The first kappa shape index (κ1) is 13.4. The van der Waals surface area contributed by atoms with E-state index in [-0.39, 0.29) is 6.04 Å². The summed E-state index contributed by atoms with van der Waals surface area (Å²) in [4.78, 5) is 0. The van der Waals surface area contributed by atoms with E-state index in [0.717, 1.165) is 12.8 Å². The van der Waals surface area contributed by atoms with Gasteiger partial charge in [-0.3, -0.25) is 0 Å². The summed E-state index contributed by atoms with van der Waals surface area (Å²) in [6.07, 6.45) is 11.1. The summed E-state index contributed by atoms with van der Waals surface area (Å²) in [5.41, 5.74) is 10.7. The molecule has 0 aliphatic heterocycles. The maximum Gasteiger partial charge on any atom is 0.0256 e. The molecular formula is C17H25N. The van der Waals surface area contributed by atoms with Crippen molar-refractivity contribution in [1.29, 1.82) is 0 Å². The summed E-state index contributed by atoms with van der Waals surface area (Å²) in [6, 6.07) is 8.91. The Bertz CT molecular complexity index is 406. The molecule has 1 atom stereocenters. The van der Waals surface area contributed by atoms with Crippen LogP contribution in [0.4, 0.5) is 0 Å². The fraction of sp³-hybridized carbons (Fsp3) is 0.529. The van der Waals surface area contributed by atoms with Crippen LogP contribution in [-0.2, 0) is 6.42 Å². The lowest BCUT2D eigenvalue weighted by Crippen LogP contribution is -2.23. The SMILES string of the molecule is Cc1ccccc1CCC(N)C1=CCCCCC1. The molecule has 2 N–H and O–H groups in total. The van der Waals surface area contributed by atoms with Crippen LogP contribution in [0.5, 0.6) is 0 Å². The summed E-state index contributed by atoms with van der Waals surface area (Å²) in [5, 5.41) is 0. The van der Waals surface area contributed by atoms with Crippen LogP contribution in [0.1, 0.15) is 49.7 Å². The van der Waals surface area contributed by atoms with Crippen LogP contribution in [0.2, 0.25) is 0 Å². The van der Waals surface area contributed by atoms with Crippen molar-refractivity contribution in [2.24, 2.45) is 5.73 Å². The molecule has 0 bridgehead atoms. The zero-order valence-electron chi connectivity index (χ0n) is 11.5. The van der Waals surface area contributed by atoms with Gasteiger partial charge in [0, 0.05) is 6.04 Å². The van der Waals surface area contributed by atoms with Gasteiger partial charge in [-0.25, -0.2) is 0 Å². The molecule has 0 saturated carbocycles. The third kappa shape index (κ3) is 3.71. The third-order valence-electron chi connectivity index (χ3n) is 4.04. The number of hydrogen-bond donors (Lipinski definition) is 1. The molecule has 98 valence electrons. The van der Waals surface area contributed by atoms with Crippen LogP contribution in [0, 0.1) is 6.92 Å². The van der Waals surface area contributed by atoms with Crippen LogP contribution in [0.3, 0.4) is 0 Å². The van der Waals surface area contributed by atoms with Gasteiger partial charge < -0.3 is 5.73 Å². The van der Waals surface area contributed by atoms with Gasteiger partial charge in [-0.1, -0.05) is 42.3 Å². The number of hydrogen-bond acceptors (Lipinski definition) is 1. The van der Waals surface area contributed by atoms with Crippen molar-refractivity contribution in [3.05, 3.63) is 47.0 Å². The molecule has 0 heterocycles. The van der Waals surface area contributed by atoms with E-state index < -0.39 is 0 Å². The third-order valence-corrected chi connectivity index (χ3v) is 4.04. The lowest BCUT2D eigenvalue weighted by atomic mass is 9.95. The van der Waals surface area contributed by atoms with E-state index in [0.29, 0.717) is 0 Å². The Kier molecular flexibility index (Phi) is 5.00. The highest BCUT2D eigenvalue weighted by atomic mass is 14.6. The van der Waals surface area contributed by atoms with Crippen molar-refractivity contribution in [2.45, 2.75) is 57.9 Å². The topological polar surface area (TPSA) is 26.0 Å². The Morgan fingerprint density at radius 3 is 2.83 bits per heavy atom. The number of nitrogens with two attached hydrogens (primary N) is 1. The molecule has 0 fully saturated rings. The van der Waals surface area contributed by atoms with Crippen molar-refractivity contribution >= 4 is 0 Å². The lowest BCUT2D eigenvalue weighted by Gasteiger charge is -2.16. The normalized spacial score (nSPS) is 18.0. The Labute approximate surface area is 111 Å². The van der Waals surface area contributed by atoms with Crippen LogP contribution in [0.25, 0.3) is 0 Å². The molecule has 1 aromatic carbocycles. The van der Waals surface area contributed by atoms with Gasteiger partial charge in [0.15, 0.2) is 0 Å². The van der Waals surface area contributed by atoms with E-state index in [1.807, 2.05) is 0 Å². The highest BCUT2D eigenvalue weighted by Crippen LogP contribution is 2.21. The second kappa shape index (κ2) is 6.75. The fourth-order valence-corrected chi connectivity index (χ4v) is 2.76. The molecule has 1 heteroatoms. The minimum atomic E-state index is 0.266. The van der Waals surface area contributed by atoms with Crippen LogP contribution in [-0.4, -0.2) is 6.04 Å². The minimum absolute atomic E-state index is 0.266. The summed E-state index contributed by atoms with van der Waals surface area (Å²) >= 11 is 0. The van der Waals surface area contributed by atoms with E-state index >= 15 is 0 Å². The summed E-state index contributed by atoms with van der Waals surface area (Å²) in [5.74, 6) is 0. The second-order valence-corrected chi connectivity index (χ2v) is 5.45. The number of allylic oxidation sites excluding steroid dienone is 1. The second-order valence-electron chi connectivity index (χ2n) is 5.45. The molecule has 1 unspecified atom stereocenters. The van der Waals surface area contributed by atoms with Crippen LogP contribution in [0.15, 0.2) is 35.9 Å². The van der Waals surface area contributed by atoms with Gasteiger partial charge in [0.2, 0.25) is 0 Å². The quantitative estimate of drug-likeness (QED) is 0.790. The van der Waals surface area contributed by atoms with Crippen LogP contribution < -0.4 is 5.73 Å². The summed E-state index contributed by atoms with van der Waals surface area (Å²) in [7, 11) is 0. The maximum atomic E-state index is 6.35. The number of benzene rings is 1. The average molecular weight is 243 g/mol. The van der Waals surface area contributed by atoms with Gasteiger partial charge in [-0.05, 0) is 56.6 Å². The van der Waals surface area contributed by atoms with E-state index in [9.17, 15) is 0 Å². The molecule has 0 saturated heterocycles.